The van der Waals surface area contributed by atoms with Gasteiger partial charge in [-0.15, -0.1) is 0 Å². The highest BCUT2D eigenvalue weighted by atomic mass is 32.2. The van der Waals surface area contributed by atoms with E-state index in [-0.39, 0.29) is 22.8 Å². The summed E-state index contributed by atoms with van der Waals surface area (Å²) in [6, 6.07) is 5.43. The van der Waals surface area contributed by atoms with Crippen LogP contribution >= 0.6 is 0 Å². The lowest BCUT2D eigenvalue weighted by atomic mass is 10.1. The van der Waals surface area contributed by atoms with Gasteiger partial charge in [0.1, 0.15) is 5.82 Å². The van der Waals surface area contributed by atoms with Gasteiger partial charge in [0, 0.05) is 33.3 Å². The predicted octanol–water partition coefficient (Wildman–Crippen LogP) is 2.95. The molecule has 0 heterocycles. The van der Waals surface area contributed by atoms with Crippen LogP contribution in [0, 0.1) is 5.82 Å². The van der Waals surface area contributed by atoms with Crippen molar-refractivity contribution in [3.05, 3.63) is 35.6 Å². The summed E-state index contributed by atoms with van der Waals surface area (Å²) in [7, 11) is -1.03. The summed E-state index contributed by atoms with van der Waals surface area (Å²) in [5, 5.41) is 0. The van der Waals surface area contributed by atoms with Crippen LogP contribution in [-0.4, -0.2) is 20.5 Å². The van der Waals surface area contributed by atoms with Crippen LogP contribution in [0.2, 0.25) is 0 Å². The molecular weight excluding hydrogens is 239 g/mol. The Hall–Kier alpha value is -1.03. The molecule has 1 unspecified atom stereocenters. The lowest BCUT2D eigenvalue weighted by molar-refractivity contribution is 0.0989. The first-order chi connectivity index (χ1) is 7.80. The van der Waals surface area contributed by atoms with Crippen molar-refractivity contribution in [2.75, 3.05) is 5.75 Å². The van der Waals surface area contributed by atoms with Crippen molar-refractivity contribution in [1.29, 1.82) is 0 Å². The van der Waals surface area contributed by atoms with Gasteiger partial charge in [0.15, 0.2) is 5.78 Å². The van der Waals surface area contributed by atoms with Crippen LogP contribution in [0.1, 0.15) is 37.6 Å². The Labute approximate surface area is 104 Å². The number of hydrogen-bond acceptors (Lipinski definition) is 2. The molecule has 0 fully saturated rings. The number of ketones is 1. The Morgan fingerprint density at radius 3 is 2.24 bits per heavy atom. The first-order valence-electron chi connectivity index (χ1n) is 5.48. The zero-order valence-electron chi connectivity index (χ0n) is 10.3. The van der Waals surface area contributed by atoms with Gasteiger partial charge in [-0.3, -0.25) is 9.00 Å². The second-order valence-electron chi connectivity index (χ2n) is 4.84. The zero-order valence-corrected chi connectivity index (χ0v) is 11.1. The Balaban J connectivity index is 2.56. The van der Waals surface area contributed by atoms with Gasteiger partial charge in [0.05, 0.1) is 0 Å². The van der Waals surface area contributed by atoms with Gasteiger partial charge in [0.25, 0.3) is 0 Å². The fraction of sp³-hybridized carbons (Fsp3) is 0.462. The molecule has 4 heteroatoms. The fourth-order valence-electron chi connectivity index (χ4n) is 1.27. The van der Waals surface area contributed by atoms with E-state index in [0.29, 0.717) is 11.3 Å². The van der Waals surface area contributed by atoms with Gasteiger partial charge < -0.3 is 0 Å². The summed E-state index contributed by atoms with van der Waals surface area (Å²) in [5.74, 6) is -0.109. The van der Waals surface area contributed by atoms with Crippen LogP contribution in [0.5, 0.6) is 0 Å². The third-order valence-electron chi connectivity index (χ3n) is 2.36. The number of Topliss-reactive ketones (excluding diaryl/α,β-unsaturated/α-hetero) is 1. The Morgan fingerprint density at radius 1 is 1.24 bits per heavy atom. The molecule has 0 aromatic heterocycles. The van der Waals surface area contributed by atoms with Crippen molar-refractivity contribution in [3.63, 3.8) is 0 Å². The highest BCUT2D eigenvalue weighted by Crippen LogP contribution is 2.13. The maximum absolute atomic E-state index is 12.7. The van der Waals surface area contributed by atoms with Crippen LogP contribution < -0.4 is 0 Å². The average Bonchev–Trinajstić information content (AvgIpc) is 2.25. The van der Waals surface area contributed by atoms with Crippen LogP contribution in [0.4, 0.5) is 4.39 Å². The molecule has 0 aliphatic rings. The maximum Gasteiger partial charge on any atom is 0.163 e. The van der Waals surface area contributed by atoms with E-state index in [1.54, 1.807) is 0 Å². The molecule has 1 rings (SSSR count). The number of hydrogen-bond donors (Lipinski definition) is 0. The molecule has 0 spiro atoms. The molecule has 0 saturated carbocycles. The molecule has 0 amide bonds. The number of rotatable bonds is 4. The highest BCUT2D eigenvalue weighted by Gasteiger charge is 2.20. The largest absolute Gasteiger partial charge is 0.294 e. The topological polar surface area (TPSA) is 34.1 Å². The normalized spacial score (nSPS) is 13.4. The van der Waals surface area contributed by atoms with Crippen LogP contribution in [0.15, 0.2) is 24.3 Å². The zero-order chi connectivity index (χ0) is 13.1. The SMILES string of the molecule is CC(C)(C)S(=O)CCC(=O)c1ccc(F)cc1. The van der Waals surface area contributed by atoms with E-state index in [9.17, 15) is 13.4 Å². The van der Waals surface area contributed by atoms with Gasteiger partial charge >= 0.3 is 0 Å². The minimum absolute atomic E-state index is 0.0948. The molecule has 0 N–H and O–H groups in total. The second-order valence-corrected chi connectivity index (χ2v) is 7.17. The van der Waals surface area contributed by atoms with E-state index < -0.39 is 10.8 Å². The van der Waals surface area contributed by atoms with Crippen molar-refractivity contribution in [2.24, 2.45) is 0 Å². The van der Waals surface area contributed by atoms with Gasteiger partial charge in [-0.05, 0) is 45.0 Å². The van der Waals surface area contributed by atoms with Crippen molar-refractivity contribution in [1.82, 2.24) is 0 Å². The van der Waals surface area contributed by atoms with E-state index in [1.165, 1.54) is 24.3 Å². The Kier molecular flexibility index (Phi) is 4.57. The standard InChI is InChI=1S/C13H17FO2S/c1-13(2,3)17(16)9-8-12(15)10-4-6-11(14)7-5-10/h4-7H,8-9H2,1-3H3. The quantitative estimate of drug-likeness (QED) is 0.776. The molecule has 1 aromatic rings. The smallest absolute Gasteiger partial charge is 0.163 e. The fourth-order valence-corrected chi connectivity index (χ4v) is 2.25. The van der Waals surface area contributed by atoms with Crippen LogP contribution in [0.25, 0.3) is 0 Å². The first-order valence-corrected chi connectivity index (χ1v) is 6.80. The van der Waals surface area contributed by atoms with Crippen molar-refractivity contribution >= 4 is 16.6 Å². The first kappa shape index (κ1) is 14.0. The molecule has 1 aromatic carbocycles. The lowest BCUT2D eigenvalue weighted by Crippen LogP contribution is -2.25. The van der Waals surface area contributed by atoms with E-state index in [2.05, 4.69) is 0 Å². The highest BCUT2D eigenvalue weighted by molar-refractivity contribution is 7.86. The number of benzene rings is 1. The third-order valence-corrected chi connectivity index (χ3v) is 4.30. The van der Waals surface area contributed by atoms with Gasteiger partial charge in [0.2, 0.25) is 0 Å². The number of carbonyl (C=O) groups is 1. The molecule has 0 aliphatic carbocycles. The molecular formula is C13H17FO2S. The molecule has 1 atom stereocenters. The summed E-state index contributed by atoms with van der Waals surface area (Å²) in [6.45, 7) is 5.64. The molecule has 2 nitrogen and oxygen atoms in total. The predicted molar refractivity (Wildman–Crippen MR) is 68.1 cm³/mol. The minimum atomic E-state index is -1.03. The lowest BCUT2D eigenvalue weighted by Gasteiger charge is -2.17. The summed E-state index contributed by atoms with van der Waals surface area (Å²) < 4.78 is 24.1. The Morgan fingerprint density at radius 2 is 1.76 bits per heavy atom. The van der Waals surface area contributed by atoms with Crippen LogP contribution in [0.3, 0.4) is 0 Å². The number of halogens is 1. The average molecular weight is 256 g/mol. The molecule has 94 valence electrons. The van der Waals surface area contributed by atoms with Crippen molar-refractivity contribution in [2.45, 2.75) is 31.9 Å². The maximum atomic E-state index is 12.7. The third kappa shape index (κ3) is 4.38. The Bertz CT molecular complexity index is 418. The van der Waals surface area contributed by atoms with Crippen molar-refractivity contribution in [3.8, 4) is 0 Å². The van der Waals surface area contributed by atoms with Gasteiger partial charge in [-0.1, -0.05) is 0 Å². The van der Waals surface area contributed by atoms with Crippen LogP contribution in [-0.2, 0) is 10.8 Å². The van der Waals surface area contributed by atoms with E-state index >= 15 is 0 Å². The number of carbonyl (C=O) groups excluding carboxylic acids is 1. The van der Waals surface area contributed by atoms with E-state index in [4.69, 9.17) is 0 Å². The monoisotopic (exact) mass is 256 g/mol. The molecule has 17 heavy (non-hydrogen) atoms. The summed E-state index contributed by atoms with van der Waals surface area (Å²) >= 11 is 0. The molecule has 0 radical (unpaired) electrons. The molecule has 0 saturated heterocycles. The molecule has 0 aliphatic heterocycles. The minimum Gasteiger partial charge on any atom is -0.294 e. The van der Waals surface area contributed by atoms with Crippen molar-refractivity contribution < 1.29 is 13.4 Å². The summed E-state index contributed by atoms with van der Waals surface area (Å²) in [5.41, 5.74) is 0.470. The molecule has 0 bridgehead atoms. The van der Waals surface area contributed by atoms with Gasteiger partial charge in [-0.25, -0.2) is 4.39 Å². The van der Waals surface area contributed by atoms with E-state index in [1.807, 2.05) is 20.8 Å². The summed E-state index contributed by atoms with van der Waals surface area (Å²) in [4.78, 5) is 11.7. The van der Waals surface area contributed by atoms with E-state index in [0.717, 1.165) is 0 Å². The second kappa shape index (κ2) is 5.54. The van der Waals surface area contributed by atoms with Gasteiger partial charge in [-0.2, -0.15) is 0 Å². The summed E-state index contributed by atoms with van der Waals surface area (Å²) in [6.07, 6.45) is 0.232.